The molecule has 1 saturated carbocycles. The number of halogens is 1. The van der Waals surface area contributed by atoms with Crippen LogP contribution < -0.4 is 10.6 Å². The summed E-state index contributed by atoms with van der Waals surface area (Å²) in [5.74, 6) is 1.75. The monoisotopic (exact) mass is 252 g/mol. The summed E-state index contributed by atoms with van der Waals surface area (Å²) in [5, 5.41) is 7.16. The van der Waals surface area contributed by atoms with Gasteiger partial charge in [-0.05, 0) is 30.4 Å². The van der Waals surface area contributed by atoms with E-state index < -0.39 is 0 Å². The van der Waals surface area contributed by atoms with E-state index >= 15 is 0 Å². The maximum Gasteiger partial charge on any atom is 0.224 e. The number of nitrogens with zero attached hydrogens (tertiary/aromatic N) is 2. The van der Waals surface area contributed by atoms with Crippen molar-refractivity contribution in [2.45, 2.75) is 32.2 Å². The number of aromatic nitrogens is 2. The Balaban J connectivity index is 1.78. The topological polar surface area (TPSA) is 49.8 Å². The lowest BCUT2D eigenvalue weighted by atomic mass is 9.85. The molecule has 0 radical (unpaired) electrons. The van der Waals surface area contributed by atoms with Crippen molar-refractivity contribution in [3.63, 3.8) is 0 Å². The molecule has 1 fully saturated rings. The Morgan fingerprint density at radius 2 is 2.24 bits per heavy atom. The molecule has 92 valence electrons. The Kier molecular flexibility index (Phi) is 3.16. The maximum absolute atomic E-state index is 5.96. The highest BCUT2D eigenvalue weighted by Gasteiger charge is 2.20. The summed E-state index contributed by atoms with van der Waals surface area (Å²) < 4.78 is 0. The van der Waals surface area contributed by atoms with Crippen molar-refractivity contribution in [2.75, 3.05) is 18.4 Å². The zero-order valence-corrected chi connectivity index (χ0v) is 10.6. The summed E-state index contributed by atoms with van der Waals surface area (Å²) in [4.78, 5) is 8.63. The van der Waals surface area contributed by atoms with Gasteiger partial charge in [-0.2, -0.15) is 0 Å². The van der Waals surface area contributed by atoms with Gasteiger partial charge in [-0.3, -0.25) is 0 Å². The van der Waals surface area contributed by atoms with E-state index in [9.17, 15) is 0 Å². The normalized spacial score (nSPS) is 19.6. The van der Waals surface area contributed by atoms with E-state index in [1.54, 1.807) is 0 Å². The van der Waals surface area contributed by atoms with E-state index in [0.717, 1.165) is 43.5 Å². The van der Waals surface area contributed by atoms with Crippen LogP contribution in [-0.4, -0.2) is 23.1 Å². The SMILES string of the molecule is Clc1nc2c(c(NCC3CCC3)n1)CNCC2. The van der Waals surface area contributed by atoms with Crippen LogP contribution in [0.4, 0.5) is 5.82 Å². The molecule has 1 aliphatic heterocycles. The largest absolute Gasteiger partial charge is 0.369 e. The van der Waals surface area contributed by atoms with E-state index in [-0.39, 0.29) is 0 Å². The predicted octanol–water partition coefficient (Wildman–Crippen LogP) is 1.99. The number of anilines is 1. The minimum Gasteiger partial charge on any atom is -0.369 e. The molecule has 0 atom stereocenters. The van der Waals surface area contributed by atoms with Crippen LogP contribution in [0.25, 0.3) is 0 Å². The molecule has 0 amide bonds. The van der Waals surface area contributed by atoms with Crippen molar-refractivity contribution in [1.29, 1.82) is 0 Å². The highest BCUT2D eigenvalue weighted by molar-refractivity contribution is 6.28. The first-order chi connectivity index (χ1) is 8.33. The molecule has 2 heterocycles. The second-order valence-corrected chi connectivity index (χ2v) is 5.21. The van der Waals surface area contributed by atoms with E-state index in [1.165, 1.54) is 24.8 Å². The first-order valence-corrected chi connectivity index (χ1v) is 6.70. The van der Waals surface area contributed by atoms with Gasteiger partial charge in [0.15, 0.2) is 0 Å². The van der Waals surface area contributed by atoms with Crippen LogP contribution in [0.5, 0.6) is 0 Å². The molecule has 1 aromatic rings. The Bertz CT molecular complexity index is 417. The lowest BCUT2D eigenvalue weighted by Gasteiger charge is -2.27. The first kappa shape index (κ1) is 11.2. The Morgan fingerprint density at radius 1 is 1.35 bits per heavy atom. The van der Waals surface area contributed by atoms with Crippen molar-refractivity contribution in [1.82, 2.24) is 15.3 Å². The molecule has 4 nitrogen and oxygen atoms in total. The standard InChI is InChI=1S/C12H17ClN4/c13-12-16-10-4-5-14-7-9(10)11(17-12)15-6-8-2-1-3-8/h8,14H,1-7H2,(H,15,16,17). The van der Waals surface area contributed by atoms with Gasteiger partial charge in [0, 0.05) is 31.6 Å². The fraction of sp³-hybridized carbons (Fsp3) is 0.667. The van der Waals surface area contributed by atoms with Crippen molar-refractivity contribution < 1.29 is 0 Å². The molecular weight excluding hydrogens is 236 g/mol. The van der Waals surface area contributed by atoms with Gasteiger partial charge in [-0.1, -0.05) is 6.42 Å². The van der Waals surface area contributed by atoms with Gasteiger partial charge in [0.2, 0.25) is 5.28 Å². The number of rotatable bonds is 3. The molecule has 3 rings (SSSR count). The maximum atomic E-state index is 5.96. The fourth-order valence-electron chi connectivity index (χ4n) is 2.40. The molecule has 2 N–H and O–H groups in total. The number of nitrogens with one attached hydrogen (secondary N) is 2. The average molecular weight is 253 g/mol. The minimum absolute atomic E-state index is 0.363. The first-order valence-electron chi connectivity index (χ1n) is 6.33. The van der Waals surface area contributed by atoms with E-state index in [0.29, 0.717) is 5.28 Å². The van der Waals surface area contributed by atoms with Crippen LogP contribution >= 0.6 is 11.6 Å². The van der Waals surface area contributed by atoms with Gasteiger partial charge in [0.1, 0.15) is 5.82 Å². The van der Waals surface area contributed by atoms with Crippen LogP contribution in [0.3, 0.4) is 0 Å². The number of hydrogen-bond acceptors (Lipinski definition) is 4. The molecule has 1 aliphatic carbocycles. The number of hydrogen-bond donors (Lipinski definition) is 2. The van der Waals surface area contributed by atoms with Gasteiger partial charge in [-0.25, -0.2) is 9.97 Å². The lowest BCUT2D eigenvalue weighted by molar-refractivity contribution is 0.333. The quantitative estimate of drug-likeness (QED) is 0.808. The van der Waals surface area contributed by atoms with E-state index in [4.69, 9.17) is 11.6 Å². The molecule has 0 aromatic carbocycles. The van der Waals surface area contributed by atoms with Crippen LogP contribution in [0, 0.1) is 5.92 Å². The summed E-state index contributed by atoms with van der Waals surface area (Å²) in [6, 6.07) is 0. The van der Waals surface area contributed by atoms with Gasteiger partial charge >= 0.3 is 0 Å². The van der Waals surface area contributed by atoms with Crippen molar-refractivity contribution in [3.8, 4) is 0 Å². The smallest absolute Gasteiger partial charge is 0.224 e. The third-order valence-electron chi connectivity index (χ3n) is 3.69. The molecule has 5 heteroatoms. The van der Waals surface area contributed by atoms with Crippen molar-refractivity contribution >= 4 is 17.4 Å². The van der Waals surface area contributed by atoms with Crippen LogP contribution in [0.1, 0.15) is 30.5 Å². The Labute approximate surface area is 106 Å². The van der Waals surface area contributed by atoms with Crippen molar-refractivity contribution in [2.24, 2.45) is 5.92 Å². The summed E-state index contributed by atoms with van der Waals surface area (Å²) in [6.45, 7) is 2.84. The summed E-state index contributed by atoms with van der Waals surface area (Å²) >= 11 is 5.96. The molecule has 0 saturated heterocycles. The molecule has 0 unspecified atom stereocenters. The van der Waals surface area contributed by atoms with E-state index in [1.807, 2.05) is 0 Å². The highest BCUT2D eigenvalue weighted by atomic mass is 35.5. The zero-order valence-electron chi connectivity index (χ0n) is 9.80. The predicted molar refractivity (Wildman–Crippen MR) is 68.3 cm³/mol. The summed E-state index contributed by atoms with van der Waals surface area (Å²) in [7, 11) is 0. The lowest BCUT2D eigenvalue weighted by Crippen LogP contribution is -2.28. The van der Waals surface area contributed by atoms with Crippen LogP contribution in [-0.2, 0) is 13.0 Å². The molecule has 2 aliphatic rings. The van der Waals surface area contributed by atoms with E-state index in [2.05, 4.69) is 20.6 Å². The second kappa shape index (κ2) is 4.78. The highest BCUT2D eigenvalue weighted by Crippen LogP contribution is 2.28. The van der Waals surface area contributed by atoms with Crippen molar-refractivity contribution in [3.05, 3.63) is 16.5 Å². The average Bonchev–Trinajstić information content (AvgIpc) is 2.26. The molecule has 0 spiro atoms. The molecule has 1 aromatic heterocycles. The van der Waals surface area contributed by atoms with Gasteiger partial charge in [0.05, 0.1) is 5.69 Å². The number of fused-ring (bicyclic) bond motifs is 1. The fourth-order valence-corrected chi connectivity index (χ4v) is 2.58. The van der Waals surface area contributed by atoms with Crippen LogP contribution in [0.15, 0.2) is 0 Å². The minimum atomic E-state index is 0.363. The second-order valence-electron chi connectivity index (χ2n) is 4.87. The van der Waals surface area contributed by atoms with Gasteiger partial charge in [-0.15, -0.1) is 0 Å². The Hall–Kier alpha value is -0.870. The summed E-state index contributed by atoms with van der Waals surface area (Å²) in [6.07, 6.45) is 4.99. The molecule has 0 bridgehead atoms. The zero-order chi connectivity index (χ0) is 11.7. The van der Waals surface area contributed by atoms with Gasteiger partial charge in [0.25, 0.3) is 0 Å². The molecule has 17 heavy (non-hydrogen) atoms. The summed E-state index contributed by atoms with van der Waals surface area (Å²) in [5.41, 5.74) is 2.29. The third-order valence-corrected chi connectivity index (χ3v) is 3.86. The third kappa shape index (κ3) is 2.38. The Morgan fingerprint density at radius 3 is 3.00 bits per heavy atom. The molecular formula is C12H17ClN4. The van der Waals surface area contributed by atoms with Gasteiger partial charge < -0.3 is 10.6 Å². The van der Waals surface area contributed by atoms with Crippen LogP contribution in [0.2, 0.25) is 5.28 Å².